The fourth-order valence-electron chi connectivity index (χ4n) is 2.60. The van der Waals surface area contributed by atoms with Gasteiger partial charge in [0.25, 0.3) is 0 Å². The van der Waals surface area contributed by atoms with Crippen LogP contribution < -0.4 is 20.7 Å². The van der Waals surface area contributed by atoms with Gasteiger partial charge in [-0.05, 0) is 24.3 Å². The van der Waals surface area contributed by atoms with E-state index in [9.17, 15) is 4.79 Å². The van der Waals surface area contributed by atoms with Crippen molar-refractivity contribution in [3.05, 3.63) is 54.5 Å². The Morgan fingerprint density at radius 2 is 2.07 bits per heavy atom. The number of guanidine groups is 1. The second kappa shape index (κ2) is 9.36. The number of nitrogens with zero attached hydrogens (tertiary/aromatic N) is 4. The molecule has 9 nitrogen and oxygen atoms in total. The van der Waals surface area contributed by atoms with E-state index >= 15 is 0 Å². The molecule has 0 bridgehead atoms. The van der Waals surface area contributed by atoms with Gasteiger partial charge in [0.15, 0.2) is 17.4 Å². The first-order chi connectivity index (χ1) is 13.7. The van der Waals surface area contributed by atoms with Crippen LogP contribution in [0.4, 0.5) is 5.69 Å². The largest absolute Gasteiger partial charge is 0.492 e. The fourth-order valence-corrected chi connectivity index (χ4v) is 2.60. The molecule has 3 rings (SSSR count). The summed E-state index contributed by atoms with van der Waals surface area (Å²) in [4.78, 5) is 15.3. The number of ether oxygens (including phenoxy) is 1. The van der Waals surface area contributed by atoms with E-state index in [0.29, 0.717) is 37.1 Å². The molecule has 2 heterocycles. The molecule has 0 aliphatic rings. The Bertz CT molecular complexity index is 968. The number of benzene rings is 1. The van der Waals surface area contributed by atoms with Crippen molar-refractivity contribution in [3.63, 3.8) is 0 Å². The van der Waals surface area contributed by atoms with Crippen LogP contribution >= 0.6 is 0 Å². The molecule has 0 radical (unpaired) electrons. The van der Waals surface area contributed by atoms with Crippen LogP contribution in [0.2, 0.25) is 0 Å². The average molecular weight is 381 g/mol. The summed E-state index contributed by atoms with van der Waals surface area (Å²) < 4.78 is 7.63. The van der Waals surface area contributed by atoms with E-state index in [1.807, 2.05) is 47.0 Å². The van der Waals surface area contributed by atoms with Crippen molar-refractivity contribution in [2.75, 3.05) is 25.5 Å². The molecule has 0 saturated heterocycles. The third kappa shape index (κ3) is 5.19. The molecule has 9 heteroatoms. The molecule has 0 spiro atoms. The molecule has 2 aromatic heterocycles. The lowest BCUT2D eigenvalue weighted by atomic mass is 10.3. The summed E-state index contributed by atoms with van der Waals surface area (Å²) in [5.41, 5.74) is 1.51. The number of pyridine rings is 1. The number of amides is 1. The number of hydrogen-bond donors (Lipinski definition) is 3. The minimum Gasteiger partial charge on any atom is -0.492 e. The lowest BCUT2D eigenvalue weighted by Crippen LogP contribution is -2.39. The Morgan fingerprint density at radius 3 is 2.89 bits per heavy atom. The standard InChI is InChI=1S/C19H23N7O2/c1-14(27)23-15-6-5-7-16(12-15)28-11-9-21-19(20-2)22-13-18-25-24-17-8-3-4-10-26(17)18/h3-8,10,12H,9,11,13H2,1-2H3,(H,23,27)(H2,20,21,22). The van der Waals surface area contributed by atoms with Crippen LogP contribution in [-0.4, -0.2) is 46.7 Å². The number of carbonyl (C=O) groups is 1. The molecule has 0 saturated carbocycles. The summed E-state index contributed by atoms with van der Waals surface area (Å²) in [5, 5.41) is 17.4. The highest BCUT2D eigenvalue weighted by atomic mass is 16.5. The Labute approximate surface area is 162 Å². The van der Waals surface area contributed by atoms with E-state index in [-0.39, 0.29) is 5.91 Å². The van der Waals surface area contributed by atoms with Crippen LogP contribution in [0.25, 0.3) is 5.65 Å². The highest BCUT2D eigenvalue weighted by Gasteiger charge is 2.05. The molecule has 146 valence electrons. The Morgan fingerprint density at radius 1 is 1.18 bits per heavy atom. The van der Waals surface area contributed by atoms with Crippen molar-refractivity contribution >= 4 is 23.2 Å². The van der Waals surface area contributed by atoms with Crippen LogP contribution in [0, 0.1) is 0 Å². The topological polar surface area (TPSA) is 105 Å². The van der Waals surface area contributed by atoms with Crippen LogP contribution in [0.3, 0.4) is 0 Å². The summed E-state index contributed by atoms with van der Waals surface area (Å²) in [5.74, 6) is 2.01. The lowest BCUT2D eigenvalue weighted by Gasteiger charge is -2.12. The highest BCUT2D eigenvalue weighted by molar-refractivity contribution is 5.88. The van der Waals surface area contributed by atoms with Crippen molar-refractivity contribution < 1.29 is 9.53 Å². The third-order valence-electron chi connectivity index (χ3n) is 3.84. The Kier molecular flexibility index (Phi) is 6.40. The van der Waals surface area contributed by atoms with Crippen LogP contribution in [0.1, 0.15) is 12.7 Å². The fraction of sp³-hybridized carbons (Fsp3) is 0.263. The van der Waals surface area contributed by atoms with Gasteiger partial charge in [0.05, 0.1) is 13.1 Å². The Hall–Kier alpha value is -3.62. The number of nitrogens with one attached hydrogen (secondary N) is 3. The van der Waals surface area contributed by atoms with Gasteiger partial charge in [-0.25, -0.2) is 0 Å². The highest BCUT2D eigenvalue weighted by Crippen LogP contribution is 2.17. The molecule has 3 N–H and O–H groups in total. The molecule has 1 amide bonds. The van der Waals surface area contributed by atoms with Gasteiger partial charge < -0.3 is 20.7 Å². The van der Waals surface area contributed by atoms with Gasteiger partial charge in [-0.3, -0.25) is 14.2 Å². The van der Waals surface area contributed by atoms with Crippen molar-refractivity contribution in [1.29, 1.82) is 0 Å². The molecule has 0 aliphatic carbocycles. The van der Waals surface area contributed by atoms with Gasteiger partial charge in [-0.1, -0.05) is 12.1 Å². The molecule has 1 aromatic carbocycles. The van der Waals surface area contributed by atoms with Crippen LogP contribution in [0.5, 0.6) is 5.75 Å². The molecular formula is C19H23N7O2. The molecule has 0 aliphatic heterocycles. The van der Waals surface area contributed by atoms with Gasteiger partial charge in [0.2, 0.25) is 5.91 Å². The summed E-state index contributed by atoms with van der Waals surface area (Å²) in [6.45, 7) is 2.96. The quantitative estimate of drug-likeness (QED) is 0.325. The molecule has 28 heavy (non-hydrogen) atoms. The van der Waals surface area contributed by atoms with Crippen molar-refractivity contribution in [1.82, 2.24) is 25.2 Å². The van der Waals surface area contributed by atoms with Gasteiger partial charge in [0.1, 0.15) is 12.4 Å². The molecule has 0 unspecified atom stereocenters. The van der Waals surface area contributed by atoms with Crippen molar-refractivity contribution in [2.45, 2.75) is 13.5 Å². The third-order valence-corrected chi connectivity index (χ3v) is 3.84. The minimum absolute atomic E-state index is 0.117. The first-order valence-electron chi connectivity index (χ1n) is 8.89. The zero-order valence-electron chi connectivity index (χ0n) is 15.8. The first-order valence-corrected chi connectivity index (χ1v) is 8.89. The zero-order valence-corrected chi connectivity index (χ0v) is 15.8. The van der Waals surface area contributed by atoms with E-state index in [1.54, 1.807) is 13.1 Å². The van der Waals surface area contributed by atoms with Crippen molar-refractivity contribution in [3.8, 4) is 5.75 Å². The number of fused-ring (bicyclic) bond motifs is 1. The van der Waals surface area contributed by atoms with Gasteiger partial charge in [0, 0.05) is 31.9 Å². The maximum absolute atomic E-state index is 11.1. The number of aliphatic imine (C=N–C) groups is 1. The van der Waals surface area contributed by atoms with E-state index in [0.717, 1.165) is 11.5 Å². The van der Waals surface area contributed by atoms with Crippen LogP contribution in [-0.2, 0) is 11.3 Å². The summed E-state index contributed by atoms with van der Waals surface area (Å²) >= 11 is 0. The van der Waals surface area contributed by atoms with Gasteiger partial charge in [-0.2, -0.15) is 0 Å². The Balaban J connectivity index is 1.44. The monoisotopic (exact) mass is 381 g/mol. The first kappa shape index (κ1) is 19.2. The number of hydrogen-bond acceptors (Lipinski definition) is 5. The number of aromatic nitrogens is 3. The number of carbonyl (C=O) groups excluding carboxylic acids is 1. The second-order valence-corrected chi connectivity index (χ2v) is 5.96. The predicted molar refractivity (Wildman–Crippen MR) is 107 cm³/mol. The predicted octanol–water partition coefficient (Wildman–Crippen LogP) is 1.43. The lowest BCUT2D eigenvalue weighted by molar-refractivity contribution is -0.114. The van der Waals surface area contributed by atoms with E-state index in [2.05, 4.69) is 31.1 Å². The summed E-state index contributed by atoms with van der Waals surface area (Å²) in [6.07, 6.45) is 1.92. The average Bonchev–Trinajstić information content (AvgIpc) is 3.10. The van der Waals surface area contributed by atoms with Crippen LogP contribution in [0.15, 0.2) is 53.7 Å². The SMILES string of the molecule is CN=C(NCCOc1cccc(NC(C)=O)c1)NCc1nnc2ccccn12. The number of rotatable bonds is 7. The second-order valence-electron chi connectivity index (χ2n) is 5.96. The van der Waals surface area contributed by atoms with E-state index in [1.165, 1.54) is 6.92 Å². The minimum atomic E-state index is -0.117. The smallest absolute Gasteiger partial charge is 0.221 e. The van der Waals surface area contributed by atoms with Gasteiger partial charge in [-0.15, -0.1) is 10.2 Å². The van der Waals surface area contributed by atoms with E-state index < -0.39 is 0 Å². The summed E-state index contributed by atoms with van der Waals surface area (Å²) in [7, 11) is 1.70. The molecular weight excluding hydrogens is 358 g/mol. The molecule has 0 fully saturated rings. The zero-order chi connectivity index (χ0) is 19.8. The molecule has 3 aromatic rings. The molecule has 0 atom stereocenters. The normalized spacial score (nSPS) is 11.3. The van der Waals surface area contributed by atoms with E-state index in [4.69, 9.17) is 4.74 Å². The maximum Gasteiger partial charge on any atom is 0.221 e. The number of anilines is 1. The summed E-state index contributed by atoms with van der Waals surface area (Å²) in [6, 6.07) is 13.0. The maximum atomic E-state index is 11.1. The van der Waals surface area contributed by atoms with Crippen molar-refractivity contribution in [2.24, 2.45) is 4.99 Å². The van der Waals surface area contributed by atoms with Gasteiger partial charge >= 0.3 is 0 Å².